The van der Waals surface area contributed by atoms with Gasteiger partial charge < -0.3 is 16.2 Å². The van der Waals surface area contributed by atoms with Crippen LogP contribution in [0, 0.1) is 5.82 Å². The molecule has 5 N–H and O–H groups in total. The molecule has 0 aliphatic heterocycles. The van der Waals surface area contributed by atoms with Crippen LogP contribution in [0.15, 0.2) is 18.2 Å². The van der Waals surface area contributed by atoms with Gasteiger partial charge in [0.25, 0.3) is 5.91 Å². The number of esters is 1. The van der Waals surface area contributed by atoms with Crippen LogP contribution in [0.4, 0.5) is 14.9 Å². The minimum Gasteiger partial charge on any atom is -0.449 e. The van der Waals surface area contributed by atoms with E-state index in [0.29, 0.717) is 0 Å². The fourth-order valence-corrected chi connectivity index (χ4v) is 1.22. The molecule has 0 fully saturated rings. The van der Waals surface area contributed by atoms with Crippen molar-refractivity contribution in [2.45, 2.75) is 13.0 Å². The normalized spacial score (nSPS) is 11.5. The highest BCUT2D eigenvalue weighted by atomic mass is 19.1. The van der Waals surface area contributed by atoms with Crippen LogP contribution < -0.4 is 16.8 Å². The molecule has 1 rings (SSSR count). The number of hydrogen-bond acceptors (Lipinski definition) is 5. The Bertz CT molecular complexity index is 533. The van der Waals surface area contributed by atoms with Gasteiger partial charge in [-0.3, -0.25) is 10.1 Å². The lowest BCUT2D eigenvalue weighted by atomic mass is 10.2. The van der Waals surface area contributed by atoms with Crippen molar-refractivity contribution in [3.63, 3.8) is 0 Å². The number of urea groups is 1. The van der Waals surface area contributed by atoms with Gasteiger partial charge in [0.15, 0.2) is 6.10 Å². The van der Waals surface area contributed by atoms with Crippen molar-refractivity contribution < 1.29 is 23.5 Å². The summed E-state index contributed by atoms with van der Waals surface area (Å²) in [5.74, 6) is -2.39. The van der Waals surface area contributed by atoms with E-state index in [0.717, 1.165) is 18.2 Å². The summed E-state index contributed by atoms with van der Waals surface area (Å²) in [6.07, 6.45) is -1.25. The predicted molar refractivity (Wildman–Crippen MR) is 63.4 cm³/mol. The molecule has 1 atom stereocenters. The molecule has 0 aliphatic carbocycles. The number of nitrogens with one attached hydrogen (secondary N) is 1. The molecule has 0 saturated heterocycles. The molecule has 0 bridgehead atoms. The number of nitrogen functional groups attached to an aromatic ring is 1. The molecule has 0 aromatic heterocycles. The van der Waals surface area contributed by atoms with E-state index in [1.807, 2.05) is 0 Å². The van der Waals surface area contributed by atoms with E-state index in [-0.39, 0.29) is 11.3 Å². The largest absolute Gasteiger partial charge is 0.449 e. The van der Waals surface area contributed by atoms with E-state index in [1.165, 1.54) is 6.92 Å². The van der Waals surface area contributed by atoms with E-state index < -0.39 is 29.8 Å². The van der Waals surface area contributed by atoms with Gasteiger partial charge in [-0.2, -0.15) is 0 Å². The van der Waals surface area contributed by atoms with Crippen LogP contribution in [-0.2, 0) is 9.53 Å². The Kier molecular flexibility index (Phi) is 4.41. The van der Waals surface area contributed by atoms with Crippen molar-refractivity contribution >= 4 is 23.6 Å². The van der Waals surface area contributed by atoms with Crippen molar-refractivity contribution in [1.82, 2.24) is 5.32 Å². The zero-order chi connectivity index (χ0) is 14.6. The number of nitrogens with two attached hydrogens (primary N) is 2. The van der Waals surface area contributed by atoms with Crippen LogP contribution in [0.25, 0.3) is 0 Å². The molecule has 0 aliphatic rings. The fourth-order valence-electron chi connectivity index (χ4n) is 1.22. The first kappa shape index (κ1) is 14.4. The molecule has 1 aromatic rings. The molecule has 7 nitrogen and oxygen atoms in total. The molecule has 3 amide bonds. The first-order valence-corrected chi connectivity index (χ1v) is 5.17. The summed E-state index contributed by atoms with van der Waals surface area (Å²) in [5, 5.41) is 1.75. The van der Waals surface area contributed by atoms with Gasteiger partial charge in [0.2, 0.25) is 0 Å². The number of ether oxygens (including phenoxy) is 1. The van der Waals surface area contributed by atoms with Gasteiger partial charge in [-0.25, -0.2) is 14.0 Å². The van der Waals surface area contributed by atoms with Crippen molar-refractivity contribution in [2.24, 2.45) is 5.73 Å². The number of amides is 3. The maximum absolute atomic E-state index is 12.8. The molecule has 0 heterocycles. The van der Waals surface area contributed by atoms with Crippen LogP contribution in [0.5, 0.6) is 0 Å². The Balaban J connectivity index is 2.74. The van der Waals surface area contributed by atoms with Crippen LogP contribution in [0.1, 0.15) is 17.3 Å². The Labute approximate surface area is 107 Å². The number of imide groups is 1. The number of halogens is 1. The quantitative estimate of drug-likeness (QED) is 0.532. The summed E-state index contributed by atoms with van der Waals surface area (Å²) in [5.41, 5.74) is 9.98. The van der Waals surface area contributed by atoms with Crippen LogP contribution >= 0.6 is 0 Å². The average Bonchev–Trinajstić information content (AvgIpc) is 2.27. The van der Waals surface area contributed by atoms with E-state index in [9.17, 15) is 18.8 Å². The Morgan fingerprint density at radius 1 is 1.37 bits per heavy atom. The highest BCUT2D eigenvalue weighted by molar-refractivity contribution is 5.99. The summed E-state index contributed by atoms with van der Waals surface area (Å²) >= 11 is 0. The molecule has 0 saturated carbocycles. The Morgan fingerprint density at radius 3 is 2.53 bits per heavy atom. The standard InChI is InChI=1S/C11H12FN3O4/c1-5(9(16)15-11(14)18)19-10(17)7-3-2-6(12)4-8(7)13/h2-5H,13H2,1H3,(H3,14,15,16,18). The highest BCUT2D eigenvalue weighted by Gasteiger charge is 2.21. The molecule has 0 radical (unpaired) electrons. The van der Waals surface area contributed by atoms with Gasteiger partial charge in [0.1, 0.15) is 5.82 Å². The zero-order valence-corrected chi connectivity index (χ0v) is 9.98. The molecule has 1 aromatic carbocycles. The van der Waals surface area contributed by atoms with Crippen molar-refractivity contribution in [2.75, 3.05) is 5.73 Å². The fraction of sp³-hybridized carbons (Fsp3) is 0.182. The number of carbonyl (C=O) groups excluding carboxylic acids is 3. The summed E-state index contributed by atoms with van der Waals surface area (Å²) in [7, 11) is 0. The third kappa shape index (κ3) is 3.95. The molecular formula is C11H12FN3O4. The molecule has 0 spiro atoms. The van der Waals surface area contributed by atoms with Crippen LogP contribution in [0.3, 0.4) is 0 Å². The number of primary amides is 1. The maximum atomic E-state index is 12.8. The Hall–Kier alpha value is -2.64. The first-order chi connectivity index (χ1) is 8.81. The van der Waals surface area contributed by atoms with Gasteiger partial charge in [-0.1, -0.05) is 0 Å². The minimum atomic E-state index is -1.25. The van der Waals surface area contributed by atoms with Gasteiger partial charge in [-0.15, -0.1) is 0 Å². The second-order valence-electron chi connectivity index (χ2n) is 3.63. The van der Waals surface area contributed by atoms with Crippen molar-refractivity contribution in [3.8, 4) is 0 Å². The summed E-state index contributed by atoms with van der Waals surface area (Å²) in [6, 6.07) is 2.05. The summed E-state index contributed by atoms with van der Waals surface area (Å²) in [4.78, 5) is 33.4. The highest BCUT2D eigenvalue weighted by Crippen LogP contribution is 2.15. The van der Waals surface area contributed by atoms with E-state index >= 15 is 0 Å². The van der Waals surface area contributed by atoms with Gasteiger partial charge in [-0.05, 0) is 25.1 Å². The third-order valence-electron chi connectivity index (χ3n) is 2.13. The van der Waals surface area contributed by atoms with Crippen LogP contribution in [0.2, 0.25) is 0 Å². The molecule has 1 unspecified atom stereocenters. The first-order valence-electron chi connectivity index (χ1n) is 5.17. The van der Waals surface area contributed by atoms with Crippen LogP contribution in [-0.4, -0.2) is 24.0 Å². The van der Waals surface area contributed by atoms with Gasteiger partial charge in [0.05, 0.1) is 5.56 Å². The van der Waals surface area contributed by atoms with E-state index in [1.54, 1.807) is 5.32 Å². The lowest BCUT2D eigenvalue weighted by Crippen LogP contribution is -2.42. The second-order valence-corrected chi connectivity index (χ2v) is 3.63. The Morgan fingerprint density at radius 2 is 2.00 bits per heavy atom. The zero-order valence-electron chi connectivity index (χ0n) is 9.98. The number of carbonyl (C=O) groups is 3. The smallest absolute Gasteiger partial charge is 0.341 e. The average molecular weight is 269 g/mol. The number of anilines is 1. The lowest BCUT2D eigenvalue weighted by Gasteiger charge is -2.12. The molecule has 8 heteroatoms. The predicted octanol–water partition coefficient (Wildman–Crippen LogP) is 0.148. The summed E-state index contributed by atoms with van der Waals surface area (Å²) in [6.45, 7) is 1.25. The SMILES string of the molecule is CC(OC(=O)c1ccc(F)cc1N)C(=O)NC(N)=O. The van der Waals surface area contributed by atoms with Crippen molar-refractivity contribution in [1.29, 1.82) is 0 Å². The second kappa shape index (κ2) is 5.80. The van der Waals surface area contributed by atoms with Crippen molar-refractivity contribution in [3.05, 3.63) is 29.6 Å². The summed E-state index contributed by atoms with van der Waals surface area (Å²) < 4.78 is 17.6. The lowest BCUT2D eigenvalue weighted by molar-refractivity contribution is -0.127. The van der Waals surface area contributed by atoms with E-state index in [2.05, 4.69) is 0 Å². The monoisotopic (exact) mass is 269 g/mol. The van der Waals surface area contributed by atoms with E-state index in [4.69, 9.17) is 16.2 Å². The topological polar surface area (TPSA) is 125 Å². The molecule has 19 heavy (non-hydrogen) atoms. The van der Waals surface area contributed by atoms with Gasteiger partial charge >= 0.3 is 12.0 Å². The minimum absolute atomic E-state index is 0.0832. The number of rotatable bonds is 3. The number of hydrogen-bond donors (Lipinski definition) is 3. The third-order valence-corrected chi connectivity index (χ3v) is 2.13. The van der Waals surface area contributed by atoms with Gasteiger partial charge in [0, 0.05) is 5.69 Å². The maximum Gasteiger partial charge on any atom is 0.341 e. The molecular weight excluding hydrogens is 257 g/mol. The number of benzene rings is 1. The molecule has 102 valence electrons.